The molecule has 4 rings (SSSR count). The van der Waals surface area contributed by atoms with Gasteiger partial charge in [-0.05, 0) is 35.7 Å². The number of carbonyl (C=O) groups is 1. The third-order valence-electron chi connectivity index (χ3n) is 3.67. The van der Waals surface area contributed by atoms with Crippen molar-refractivity contribution in [3.63, 3.8) is 0 Å². The summed E-state index contributed by atoms with van der Waals surface area (Å²) >= 11 is 2.96. The summed E-state index contributed by atoms with van der Waals surface area (Å²) in [5, 5.41) is 2.77. The number of hydrogen-bond acceptors (Lipinski definition) is 4. The SMILES string of the molecule is O=C(CSc1nc2ccccc2n1-c1ccccc1)c1cccs1. The molecule has 0 aliphatic carbocycles. The number of nitrogens with zero attached hydrogens (tertiary/aromatic N) is 2. The highest BCUT2D eigenvalue weighted by Crippen LogP contribution is 2.28. The molecule has 0 bridgehead atoms. The van der Waals surface area contributed by atoms with E-state index in [9.17, 15) is 4.79 Å². The first kappa shape index (κ1) is 15.2. The van der Waals surface area contributed by atoms with E-state index in [1.54, 1.807) is 0 Å². The zero-order chi connectivity index (χ0) is 16.4. The number of thioether (sulfide) groups is 1. The van der Waals surface area contributed by atoms with Gasteiger partial charge in [-0.2, -0.15) is 0 Å². The molecular weight excluding hydrogens is 336 g/mol. The van der Waals surface area contributed by atoms with Crippen LogP contribution in [-0.2, 0) is 0 Å². The molecule has 0 radical (unpaired) electrons. The number of thiophene rings is 1. The van der Waals surface area contributed by atoms with E-state index in [4.69, 9.17) is 4.98 Å². The summed E-state index contributed by atoms with van der Waals surface area (Å²) in [7, 11) is 0. The molecule has 0 spiro atoms. The maximum Gasteiger partial charge on any atom is 0.183 e. The number of ketones is 1. The summed E-state index contributed by atoms with van der Waals surface area (Å²) in [4.78, 5) is 17.8. The van der Waals surface area contributed by atoms with E-state index in [2.05, 4.69) is 22.8 Å². The lowest BCUT2D eigenvalue weighted by molar-refractivity contribution is 0.102. The molecule has 0 amide bonds. The average molecular weight is 350 g/mol. The highest BCUT2D eigenvalue weighted by molar-refractivity contribution is 7.99. The molecule has 0 fully saturated rings. The van der Waals surface area contributed by atoms with Crippen LogP contribution in [0.1, 0.15) is 9.67 Å². The van der Waals surface area contributed by atoms with Gasteiger partial charge in [-0.15, -0.1) is 11.3 Å². The second-order valence-corrected chi connectivity index (χ2v) is 7.13. The van der Waals surface area contributed by atoms with Crippen molar-refractivity contribution >= 4 is 39.9 Å². The Morgan fingerprint density at radius 2 is 1.79 bits per heavy atom. The van der Waals surface area contributed by atoms with Crippen LogP contribution < -0.4 is 0 Å². The van der Waals surface area contributed by atoms with Crippen molar-refractivity contribution in [3.05, 3.63) is 77.0 Å². The largest absolute Gasteiger partial charge is 0.292 e. The van der Waals surface area contributed by atoms with E-state index >= 15 is 0 Å². The standard InChI is InChI=1S/C19H14N2OS2/c22-17(18-11-6-12-23-18)13-24-19-20-15-9-4-5-10-16(15)21(19)14-7-2-1-3-8-14/h1-12H,13H2. The molecular formula is C19H14N2OS2. The van der Waals surface area contributed by atoms with Crippen molar-refractivity contribution < 1.29 is 4.79 Å². The molecule has 118 valence electrons. The Balaban J connectivity index is 1.71. The summed E-state index contributed by atoms with van der Waals surface area (Å²) in [5.41, 5.74) is 3.04. The fourth-order valence-electron chi connectivity index (χ4n) is 2.57. The molecule has 2 heterocycles. The van der Waals surface area contributed by atoms with E-state index in [0.29, 0.717) is 5.75 Å². The van der Waals surface area contributed by atoms with Crippen LogP contribution in [0.3, 0.4) is 0 Å². The number of fused-ring (bicyclic) bond motifs is 1. The number of imidazole rings is 1. The maximum absolute atomic E-state index is 12.3. The first-order valence-electron chi connectivity index (χ1n) is 7.55. The van der Waals surface area contributed by atoms with Crippen LogP contribution in [0, 0.1) is 0 Å². The molecule has 2 aromatic heterocycles. The quantitative estimate of drug-likeness (QED) is 0.373. The summed E-state index contributed by atoms with van der Waals surface area (Å²) in [6.45, 7) is 0. The molecule has 0 aliphatic rings. The topological polar surface area (TPSA) is 34.9 Å². The minimum atomic E-state index is 0.140. The third kappa shape index (κ3) is 2.88. The minimum Gasteiger partial charge on any atom is -0.292 e. The Hall–Kier alpha value is -2.37. The van der Waals surface area contributed by atoms with Gasteiger partial charge in [0, 0.05) is 5.69 Å². The molecule has 5 heteroatoms. The van der Waals surface area contributed by atoms with Crippen LogP contribution in [0.2, 0.25) is 0 Å². The van der Waals surface area contributed by atoms with Gasteiger partial charge >= 0.3 is 0 Å². The van der Waals surface area contributed by atoms with Gasteiger partial charge in [-0.3, -0.25) is 9.36 Å². The predicted octanol–water partition coefficient (Wildman–Crippen LogP) is 5.06. The van der Waals surface area contributed by atoms with Gasteiger partial charge in [-0.1, -0.05) is 48.2 Å². The van der Waals surface area contributed by atoms with Crippen molar-refractivity contribution in [2.45, 2.75) is 5.16 Å². The average Bonchev–Trinajstić information content (AvgIpc) is 3.28. The lowest BCUT2D eigenvalue weighted by Gasteiger charge is -2.08. The van der Waals surface area contributed by atoms with Gasteiger partial charge in [0.05, 0.1) is 21.7 Å². The van der Waals surface area contributed by atoms with Gasteiger partial charge in [0.1, 0.15) is 0 Å². The van der Waals surface area contributed by atoms with E-state index < -0.39 is 0 Å². The molecule has 0 saturated heterocycles. The van der Waals surface area contributed by atoms with Crippen LogP contribution in [0.4, 0.5) is 0 Å². The molecule has 3 nitrogen and oxygen atoms in total. The Morgan fingerprint density at radius 3 is 2.58 bits per heavy atom. The first-order valence-corrected chi connectivity index (χ1v) is 9.42. The number of rotatable bonds is 5. The Bertz CT molecular complexity index is 975. The van der Waals surface area contributed by atoms with Crippen LogP contribution in [0.5, 0.6) is 0 Å². The lowest BCUT2D eigenvalue weighted by atomic mass is 10.3. The lowest BCUT2D eigenvalue weighted by Crippen LogP contribution is -2.02. The smallest absolute Gasteiger partial charge is 0.183 e. The number of Topliss-reactive ketones (excluding diaryl/α,β-unsaturated/α-hetero) is 1. The summed E-state index contributed by atoms with van der Waals surface area (Å²) in [6.07, 6.45) is 0. The molecule has 0 aliphatic heterocycles. The van der Waals surface area contributed by atoms with Crippen molar-refractivity contribution in [2.24, 2.45) is 0 Å². The molecule has 24 heavy (non-hydrogen) atoms. The first-order chi connectivity index (χ1) is 11.8. The van der Waals surface area contributed by atoms with Crippen LogP contribution in [-0.4, -0.2) is 21.1 Å². The minimum absolute atomic E-state index is 0.140. The number of carbonyl (C=O) groups excluding carboxylic acids is 1. The monoisotopic (exact) mass is 350 g/mol. The molecule has 0 unspecified atom stereocenters. The van der Waals surface area contributed by atoms with Crippen LogP contribution >= 0.6 is 23.1 Å². The number of benzene rings is 2. The van der Waals surface area contributed by atoms with Gasteiger partial charge < -0.3 is 0 Å². The Morgan fingerprint density at radius 1 is 1.00 bits per heavy atom. The number of hydrogen-bond donors (Lipinski definition) is 0. The predicted molar refractivity (Wildman–Crippen MR) is 100 cm³/mol. The highest BCUT2D eigenvalue weighted by atomic mass is 32.2. The zero-order valence-electron chi connectivity index (χ0n) is 12.8. The molecule has 0 N–H and O–H groups in total. The van der Waals surface area contributed by atoms with Gasteiger partial charge in [0.15, 0.2) is 10.9 Å². The second-order valence-electron chi connectivity index (χ2n) is 5.24. The molecule has 2 aromatic carbocycles. The van der Waals surface area contributed by atoms with Crippen LogP contribution in [0.15, 0.2) is 77.3 Å². The highest BCUT2D eigenvalue weighted by Gasteiger charge is 2.15. The van der Waals surface area contributed by atoms with Gasteiger partial charge in [0.25, 0.3) is 0 Å². The molecule has 4 aromatic rings. The Labute approximate surface area is 148 Å². The van der Waals surface area contributed by atoms with Gasteiger partial charge in [0.2, 0.25) is 0 Å². The summed E-state index contributed by atoms with van der Waals surface area (Å²) < 4.78 is 2.11. The van der Waals surface area contributed by atoms with Crippen molar-refractivity contribution in [2.75, 3.05) is 5.75 Å². The summed E-state index contributed by atoms with van der Waals surface area (Å²) in [5.74, 6) is 0.526. The van der Waals surface area contributed by atoms with Crippen molar-refractivity contribution in [1.82, 2.24) is 9.55 Å². The van der Waals surface area contributed by atoms with Crippen molar-refractivity contribution in [1.29, 1.82) is 0 Å². The maximum atomic E-state index is 12.3. The fourth-order valence-corrected chi connectivity index (χ4v) is 4.23. The second kappa shape index (κ2) is 6.63. The Kier molecular flexibility index (Phi) is 4.19. The molecule has 0 atom stereocenters. The van der Waals surface area contributed by atoms with E-state index in [1.165, 1.54) is 23.1 Å². The summed E-state index contributed by atoms with van der Waals surface area (Å²) in [6, 6.07) is 21.9. The van der Waals surface area contributed by atoms with Crippen molar-refractivity contribution in [3.8, 4) is 5.69 Å². The van der Waals surface area contributed by atoms with Gasteiger partial charge in [-0.25, -0.2) is 4.98 Å². The van der Waals surface area contributed by atoms with E-state index in [1.807, 2.05) is 53.9 Å². The van der Waals surface area contributed by atoms with Crippen LogP contribution in [0.25, 0.3) is 16.7 Å². The normalized spacial score (nSPS) is 11.0. The zero-order valence-corrected chi connectivity index (χ0v) is 14.4. The number of para-hydroxylation sites is 3. The van der Waals surface area contributed by atoms with E-state index in [0.717, 1.165) is 26.8 Å². The fraction of sp³-hybridized carbons (Fsp3) is 0.0526. The molecule has 0 saturated carbocycles. The van der Waals surface area contributed by atoms with E-state index in [-0.39, 0.29) is 5.78 Å². The number of aromatic nitrogens is 2. The third-order valence-corrected chi connectivity index (χ3v) is 5.52.